The number of nitrogens with one attached hydrogen (secondary N) is 1. The van der Waals surface area contributed by atoms with Crippen molar-refractivity contribution < 1.29 is 13.2 Å². The van der Waals surface area contributed by atoms with Gasteiger partial charge in [-0.1, -0.05) is 56.3 Å². The summed E-state index contributed by atoms with van der Waals surface area (Å²) in [6, 6.07) is 16.6. The second-order valence-corrected chi connectivity index (χ2v) is 9.21. The highest BCUT2D eigenvalue weighted by molar-refractivity contribution is 7.89. The maximum absolute atomic E-state index is 12.0. The summed E-state index contributed by atoms with van der Waals surface area (Å²) in [4.78, 5) is 0. The van der Waals surface area contributed by atoms with E-state index < -0.39 is 10.0 Å². The SMILES string of the molecule is CCCS(=O)(=O)NCc1ccc2c(c1)C(Cc1ccccc1)C(CC)CO2. The summed E-state index contributed by atoms with van der Waals surface area (Å²) in [7, 11) is -3.21. The van der Waals surface area contributed by atoms with Crippen LogP contribution in [0.1, 0.15) is 49.3 Å². The lowest BCUT2D eigenvalue weighted by Crippen LogP contribution is -2.28. The Morgan fingerprint density at radius 2 is 1.85 bits per heavy atom. The van der Waals surface area contributed by atoms with Gasteiger partial charge in [0.15, 0.2) is 0 Å². The molecular formula is C22H29NO3S. The fraction of sp³-hybridized carbons (Fsp3) is 0.455. The van der Waals surface area contributed by atoms with Gasteiger partial charge in [-0.05, 0) is 47.9 Å². The average molecular weight is 388 g/mol. The van der Waals surface area contributed by atoms with Gasteiger partial charge in [0.05, 0.1) is 12.4 Å². The zero-order valence-corrected chi connectivity index (χ0v) is 17.0. The molecule has 2 atom stereocenters. The fourth-order valence-electron chi connectivity index (χ4n) is 3.78. The van der Waals surface area contributed by atoms with Crippen molar-refractivity contribution in [1.29, 1.82) is 0 Å². The maximum atomic E-state index is 12.0. The van der Waals surface area contributed by atoms with Crippen LogP contribution < -0.4 is 9.46 Å². The van der Waals surface area contributed by atoms with Gasteiger partial charge in [-0.15, -0.1) is 0 Å². The second-order valence-electron chi connectivity index (χ2n) is 7.29. The van der Waals surface area contributed by atoms with Gasteiger partial charge >= 0.3 is 0 Å². The third-order valence-corrected chi connectivity index (χ3v) is 6.82. The van der Waals surface area contributed by atoms with Crippen molar-refractivity contribution >= 4 is 10.0 Å². The van der Waals surface area contributed by atoms with E-state index in [-0.39, 0.29) is 5.75 Å². The van der Waals surface area contributed by atoms with E-state index in [4.69, 9.17) is 4.74 Å². The average Bonchev–Trinajstić information content (AvgIpc) is 2.67. The van der Waals surface area contributed by atoms with Crippen LogP contribution in [0.15, 0.2) is 48.5 Å². The Labute approximate surface area is 163 Å². The summed E-state index contributed by atoms with van der Waals surface area (Å²) in [6.07, 6.45) is 2.65. The van der Waals surface area contributed by atoms with E-state index in [9.17, 15) is 8.42 Å². The van der Waals surface area contributed by atoms with E-state index in [1.54, 1.807) is 0 Å². The van der Waals surface area contributed by atoms with Crippen LogP contribution in [0, 0.1) is 5.92 Å². The highest BCUT2D eigenvalue weighted by Gasteiger charge is 2.30. The molecule has 1 heterocycles. The van der Waals surface area contributed by atoms with Gasteiger partial charge in [-0.25, -0.2) is 13.1 Å². The predicted octanol–water partition coefficient (Wildman–Crippen LogP) is 4.26. The lowest BCUT2D eigenvalue weighted by Gasteiger charge is -2.34. The van der Waals surface area contributed by atoms with Gasteiger partial charge < -0.3 is 4.74 Å². The predicted molar refractivity (Wildman–Crippen MR) is 110 cm³/mol. The summed E-state index contributed by atoms with van der Waals surface area (Å²) in [6.45, 7) is 5.14. The van der Waals surface area contributed by atoms with Gasteiger partial charge in [0.2, 0.25) is 10.0 Å². The molecular weight excluding hydrogens is 358 g/mol. The van der Waals surface area contributed by atoms with E-state index in [0.29, 0.717) is 24.8 Å². The fourth-order valence-corrected chi connectivity index (χ4v) is 4.85. The molecule has 1 aliphatic rings. The Morgan fingerprint density at radius 3 is 2.56 bits per heavy atom. The van der Waals surface area contributed by atoms with Gasteiger partial charge in [0, 0.05) is 12.5 Å². The maximum Gasteiger partial charge on any atom is 0.211 e. The molecule has 2 aromatic rings. The molecule has 3 rings (SSSR count). The molecule has 0 radical (unpaired) electrons. The minimum Gasteiger partial charge on any atom is -0.493 e. The molecule has 1 aliphatic heterocycles. The second kappa shape index (κ2) is 8.89. The summed E-state index contributed by atoms with van der Waals surface area (Å²) in [5, 5.41) is 0. The standard InChI is InChI=1S/C22H29NO3S/c1-3-12-27(24,25)23-15-18-10-11-22-21(14-18)20(19(4-2)16-26-22)13-17-8-6-5-7-9-17/h5-11,14,19-20,23H,3-4,12-13,15-16H2,1-2H3. The normalized spacial score (nSPS) is 19.3. The largest absolute Gasteiger partial charge is 0.493 e. The Kier molecular flexibility index (Phi) is 6.55. The van der Waals surface area contributed by atoms with Crippen molar-refractivity contribution in [2.24, 2.45) is 5.92 Å². The van der Waals surface area contributed by atoms with Crippen LogP contribution in [0.3, 0.4) is 0 Å². The first kappa shape index (κ1) is 19.9. The number of rotatable bonds is 8. The summed E-state index contributed by atoms with van der Waals surface area (Å²) in [5.41, 5.74) is 3.50. The number of fused-ring (bicyclic) bond motifs is 1. The van der Waals surface area contributed by atoms with E-state index in [2.05, 4.69) is 42.0 Å². The molecule has 0 bridgehead atoms. The smallest absolute Gasteiger partial charge is 0.211 e. The first-order valence-corrected chi connectivity index (χ1v) is 11.4. The van der Waals surface area contributed by atoms with Crippen LogP contribution in [0.4, 0.5) is 0 Å². The van der Waals surface area contributed by atoms with Crippen molar-refractivity contribution in [1.82, 2.24) is 4.72 Å². The molecule has 0 aliphatic carbocycles. The summed E-state index contributed by atoms with van der Waals surface area (Å²) in [5.74, 6) is 1.94. The van der Waals surface area contributed by atoms with Gasteiger partial charge in [-0.3, -0.25) is 0 Å². The molecule has 0 spiro atoms. The van der Waals surface area contributed by atoms with Crippen molar-refractivity contribution in [2.45, 2.75) is 45.6 Å². The Hall–Kier alpha value is -1.85. The lowest BCUT2D eigenvalue weighted by atomic mass is 9.78. The molecule has 0 saturated carbocycles. The topological polar surface area (TPSA) is 55.4 Å². The van der Waals surface area contributed by atoms with Crippen LogP contribution in [-0.2, 0) is 23.0 Å². The number of benzene rings is 2. The van der Waals surface area contributed by atoms with E-state index in [1.807, 2.05) is 25.1 Å². The van der Waals surface area contributed by atoms with Crippen LogP contribution >= 0.6 is 0 Å². The molecule has 2 unspecified atom stereocenters. The highest BCUT2D eigenvalue weighted by Crippen LogP contribution is 2.41. The molecule has 0 aromatic heterocycles. The monoisotopic (exact) mass is 387 g/mol. The molecule has 0 amide bonds. The third kappa shape index (κ3) is 5.11. The van der Waals surface area contributed by atoms with E-state index in [1.165, 1.54) is 11.1 Å². The quantitative estimate of drug-likeness (QED) is 0.736. The molecule has 4 nitrogen and oxygen atoms in total. The number of hydrogen-bond donors (Lipinski definition) is 1. The van der Waals surface area contributed by atoms with Crippen molar-refractivity contribution in [2.75, 3.05) is 12.4 Å². The van der Waals surface area contributed by atoms with Crippen LogP contribution in [-0.4, -0.2) is 20.8 Å². The zero-order valence-electron chi connectivity index (χ0n) is 16.1. The molecule has 27 heavy (non-hydrogen) atoms. The highest BCUT2D eigenvalue weighted by atomic mass is 32.2. The zero-order chi connectivity index (χ0) is 19.3. The molecule has 0 saturated heterocycles. The lowest BCUT2D eigenvalue weighted by molar-refractivity contribution is 0.188. The summed E-state index contributed by atoms with van der Waals surface area (Å²) >= 11 is 0. The van der Waals surface area contributed by atoms with Crippen LogP contribution in [0.5, 0.6) is 5.75 Å². The minimum atomic E-state index is -3.21. The Morgan fingerprint density at radius 1 is 1.07 bits per heavy atom. The van der Waals surface area contributed by atoms with Crippen molar-refractivity contribution in [3.63, 3.8) is 0 Å². The molecule has 5 heteroatoms. The number of sulfonamides is 1. The molecule has 2 aromatic carbocycles. The Balaban J connectivity index is 1.84. The minimum absolute atomic E-state index is 0.162. The number of ether oxygens (including phenoxy) is 1. The van der Waals surface area contributed by atoms with Crippen LogP contribution in [0.2, 0.25) is 0 Å². The van der Waals surface area contributed by atoms with Gasteiger partial charge in [-0.2, -0.15) is 0 Å². The van der Waals surface area contributed by atoms with Gasteiger partial charge in [0.25, 0.3) is 0 Å². The van der Waals surface area contributed by atoms with E-state index in [0.717, 1.165) is 30.8 Å². The van der Waals surface area contributed by atoms with Crippen molar-refractivity contribution in [3.8, 4) is 5.75 Å². The van der Waals surface area contributed by atoms with Crippen LogP contribution in [0.25, 0.3) is 0 Å². The number of hydrogen-bond acceptors (Lipinski definition) is 3. The van der Waals surface area contributed by atoms with Crippen molar-refractivity contribution in [3.05, 3.63) is 65.2 Å². The first-order valence-electron chi connectivity index (χ1n) is 9.79. The molecule has 0 fully saturated rings. The molecule has 1 N–H and O–H groups in total. The first-order chi connectivity index (χ1) is 13.0. The summed E-state index contributed by atoms with van der Waals surface area (Å²) < 4.78 is 32.6. The molecule has 146 valence electrons. The third-order valence-electron chi connectivity index (χ3n) is 5.29. The van der Waals surface area contributed by atoms with E-state index >= 15 is 0 Å². The Bertz CT molecular complexity index is 849. The van der Waals surface area contributed by atoms with Gasteiger partial charge in [0.1, 0.15) is 5.75 Å².